The Hall–Kier alpha value is -0.730. The topological polar surface area (TPSA) is 69.6 Å². The van der Waals surface area contributed by atoms with Gasteiger partial charge < -0.3 is 10.0 Å². The highest BCUT2D eigenvalue weighted by atomic mass is 35.5. The third kappa shape index (κ3) is 4.89. The van der Waals surface area contributed by atoms with Crippen molar-refractivity contribution < 1.29 is 17.9 Å². The number of nitrogens with one attached hydrogen (secondary N) is 1. The van der Waals surface area contributed by atoms with Crippen molar-refractivity contribution in [3.63, 3.8) is 0 Å². The summed E-state index contributed by atoms with van der Waals surface area (Å²) in [5.74, 6) is -0.642. The van der Waals surface area contributed by atoms with E-state index in [4.69, 9.17) is 11.6 Å². The fraction of sp³-hybridized carbons (Fsp3) is 0.571. The van der Waals surface area contributed by atoms with Gasteiger partial charge in [-0.1, -0.05) is 11.6 Å². The molecule has 1 aliphatic heterocycles. The summed E-state index contributed by atoms with van der Waals surface area (Å²) < 4.78 is 39.8. The van der Waals surface area contributed by atoms with E-state index < -0.39 is 15.8 Å². The molecule has 124 valence electrons. The summed E-state index contributed by atoms with van der Waals surface area (Å²) in [6.07, 6.45) is 1.93. The molecule has 0 bridgehead atoms. The third-order valence-corrected chi connectivity index (χ3v) is 5.63. The minimum atomic E-state index is -3.81. The molecular formula is C14H20ClFN2O3S. The van der Waals surface area contributed by atoms with E-state index in [9.17, 15) is 17.9 Å². The Labute approximate surface area is 135 Å². The summed E-state index contributed by atoms with van der Waals surface area (Å²) in [6.45, 7) is 2.66. The maximum Gasteiger partial charge on any atom is 0.242 e. The normalized spacial score (nSPS) is 17.8. The highest BCUT2D eigenvalue weighted by Gasteiger charge is 2.19. The van der Waals surface area contributed by atoms with Crippen LogP contribution in [0.4, 0.5) is 4.39 Å². The molecule has 2 N–H and O–H groups in total. The minimum Gasteiger partial charge on any atom is -0.393 e. The zero-order chi connectivity index (χ0) is 16.2. The largest absolute Gasteiger partial charge is 0.393 e. The Morgan fingerprint density at radius 2 is 2.05 bits per heavy atom. The molecule has 0 aromatic heterocycles. The fourth-order valence-corrected chi connectivity index (χ4v) is 4.00. The van der Waals surface area contributed by atoms with E-state index in [2.05, 4.69) is 9.62 Å². The Kier molecular flexibility index (Phi) is 6.17. The van der Waals surface area contributed by atoms with Crippen LogP contribution in [0.1, 0.15) is 19.3 Å². The molecule has 1 aromatic carbocycles. The lowest BCUT2D eigenvalue weighted by atomic mass is 10.1. The maximum atomic E-state index is 13.2. The summed E-state index contributed by atoms with van der Waals surface area (Å²) >= 11 is 5.81. The lowest BCUT2D eigenvalue weighted by molar-refractivity contribution is 0.0823. The highest BCUT2D eigenvalue weighted by Crippen LogP contribution is 2.21. The van der Waals surface area contributed by atoms with Crippen LogP contribution in [-0.2, 0) is 10.0 Å². The number of likely N-dealkylation sites (tertiary alicyclic amines) is 1. The Morgan fingerprint density at radius 1 is 1.36 bits per heavy atom. The molecule has 1 fully saturated rings. The van der Waals surface area contributed by atoms with Crippen LogP contribution in [0.5, 0.6) is 0 Å². The number of hydrogen-bond donors (Lipinski definition) is 2. The van der Waals surface area contributed by atoms with Crippen molar-refractivity contribution in [1.29, 1.82) is 0 Å². The Bertz CT molecular complexity index is 604. The van der Waals surface area contributed by atoms with Gasteiger partial charge in [-0.3, -0.25) is 0 Å². The summed E-state index contributed by atoms with van der Waals surface area (Å²) in [5.41, 5.74) is 0. The quantitative estimate of drug-likeness (QED) is 0.765. The van der Waals surface area contributed by atoms with Crippen LogP contribution >= 0.6 is 11.6 Å². The molecule has 1 saturated heterocycles. The average molecular weight is 351 g/mol. The SMILES string of the molecule is O=S(=O)(NCCCN1CCC(O)CC1)c1cc(F)ccc1Cl. The molecule has 0 spiro atoms. The van der Waals surface area contributed by atoms with Gasteiger partial charge in [0.15, 0.2) is 0 Å². The Morgan fingerprint density at radius 3 is 2.73 bits per heavy atom. The first kappa shape index (κ1) is 17.6. The van der Waals surface area contributed by atoms with Gasteiger partial charge in [0.25, 0.3) is 0 Å². The van der Waals surface area contributed by atoms with Gasteiger partial charge >= 0.3 is 0 Å². The zero-order valence-electron chi connectivity index (χ0n) is 12.1. The van der Waals surface area contributed by atoms with Gasteiger partial charge in [-0.2, -0.15) is 0 Å². The number of halogens is 2. The lowest BCUT2D eigenvalue weighted by Gasteiger charge is -2.29. The van der Waals surface area contributed by atoms with Crippen LogP contribution in [0.3, 0.4) is 0 Å². The maximum absolute atomic E-state index is 13.2. The van der Waals surface area contributed by atoms with Crippen molar-refractivity contribution in [1.82, 2.24) is 9.62 Å². The first-order chi connectivity index (χ1) is 10.4. The highest BCUT2D eigenvalue weighted by molar-refractivity contribution is 7.89. The fourth-order valence-electron chi connectivity index (χ4n) is 2.41. The number of benzene rings is 1. The average Bonchev–Trinajstić information content (AvgIpc) is 2.48. The number of aliphatic hydroxyl groups is 1. The van der Waals surface area contributed by atoms with Crippen LogP contribution in [0.15, 0.2) is 23.1 Å². The van der Waals surface area contributed by atoms with Gasteiger partial charge in [0.05, 0.1) is 11.1 Å². The van der Waals surface area contributed by atoms with Crippen molar-refractivity contribution in [3.8, 4) is 0 Å². The second kappa shape index (κ2) is 7.70. The van der Waals surface area contributed by atoms with E-state index in [0.29, 0.717) is 6.42 Å². The molecule has 8 heteroatoms. The van der Waals surface area contributed by atoms with Crippen molar-refractivity contribution >= 4 is 21.6 Å². The molecule has 22 heavy (non-hydrogen) atoms. The number of piperidine rings is 1. The Balaban J connectivity index is 1.82. The molecule has 0 atom stereocenters. The zero-order valence-corrected chi connectivity index (χ0v) is 13.7. The van der Waals surface area contributed by atoms with Gasteiger partial charge in [0.2, 0.25) is 10.0 Å². The molecule has 1 heterocycles. The van der Waals surface area contributed by atoms with Gasteiger partial charge in [0, 0.05) is 19.6 Å². The number of aliphatic hydroxyl groups excluding tert-OH is 1. The number of nitrogens with zero attached hydrogens (tertiary/aromatic N) is 1. The molecule has 2 rings (SSSR count). The van der Waals surface area contributed by atoms with Crippen LogP contribution in [0.25, 0.3) is 0 Å². The lowest BCUT2D eigenvalue weighted by Crippen LogP contribution is -2.37. The van der Waals surface area contributed by atoms with Gasteiger partial charge in [-0.15, -0.1) is 0 Å². The molecule has 1 aliphatic rings. The standard InChI is InChI=1S/C14H20ClFN2O3S/c15-13-3-2-11(16)10-14(13)22(20,21)17-6-1-7-18-8-4-12(19)5-9-18/h2-3,10,12,17,19H,1,4-9H2. The van der Waals surface area contributed by atoms with Crippen LogP contribution < -0.4 is 4.72 Å². The van der Waals surface area contributed by atoms with Crippen LogP contribution in [-0.4, -0.2) is 50.7 Å². The van der Waals surface area contributed by atoms with Crippen molar-refractivity contribution in [3.05, 3.63) is 29.0 Å². The molecule has 0 unspecified atom stereocenters. The van der Waals surface area contributed by atoms with E-state index in [1.54, 1.807) is 0 Å². The second-order valence-electron chi connectivity index (χ2n) is 5.40. The summed E-state index contributed by atoms with van der Waals surface area (Å²) in [7, 11) is -3.81. The summed E-state index contributed by atoms with van der Waals surface area (Å²) in [5, 5.41) is 9.42. The van der Waals surface area contributed by atoms with E-state index in [0.717, 1.165) is 44.6 Å². The second-order valence-corrected chi connectivity index (χ2v) is 7.54. The van der Waals surface area contributed by atoms with Crippen LogP contribution in [0.2, 0.25) is 5.02 Å². The van der Waals surface area contributed by atoms with E-state index in [1.165, 1.54) is 6.07 Å². The van der Waals surface area contributed by atoms with E-state index >= 15 is 0 Å². The predicted molar refractivity (Wildman–Crippen MR) is 82.9 cm³/mol. The summed E-state index contributed by atoms with van der Waals surface area (Å²) in [6, 6.07) is 3.26. The number of hydrogen-bond acceptors (Lipinski definition) is 4. The molecule has 0 radical (unpaired) electrons. The van der Waals surface area contributed by atoms with Crippen LogP contribution in [0, 0.1) is 5.82 Å². The first-order valence-corrected chi connectivity index (χ1v) is 9.10. The molecule has 5 nitrogen and oxygen atoms in total. The number of rotatable bonds is 6. The predicted octanol–water partition coefficient (Wildman–Crippen LogP) is 1.60. The van der Waals surface area contributed by atoms with E-state index in [1.807, 2.05) is 0 Å². The van der Waals surface area contributed by atoms with Gasteiger partial charge in [-0.05, 0) is 44.0 Å². The smallest absolute Gasteiger partial charge is 0.242 e. The third-order valence-electron chi connectivity index (χ3n) is 3.68. The summed E-state index contributed by atoms with van der Waals surface area (Å²) in [4.78, 5) is 1.95. The van der Waals surface area contributed by atoms with E-state index in [-0.39, 0.29) is 22.6 Å². The van der Waals surface area contributed by atoms with Gasteiger partial charge in [-0.25, -0.2) is 17.5 Å². The molecule has 0 aliphatic carbocycles. The number of sulfonamides is 1. The minimum absolute atomic E-state index is 0.00100. The molecule has 0 amide bonds. The van der Waals surface area contributed by atoms with Gasteiger partial charge in [0.1, 0.15) is 10.7 Å². The van der Waals surface area contributed by atoms with Crippen molar-refractivity contribution in [2.45, 2.75) is 30.3 Å². The molecular weight excluding hydrogens is 331 g/mol. The first-order valence-electron chi connectivity index (χ1n) is 7.23. The van der Waals surface area contributed by atoms with Crippen molar-refractivity contribution in [2.24, 2.45) is 0 Å². The molecule has 0 saturated carbocycles. The molecule has 1 aromatic rings. The van der Waals surface area contributed by atoms with Crippen molar-refractivity contribution in [2.75, 3.05) is 26.2 Å². The monoisotopic (exact) mass is 350 g/mol.